The van der Waals surface area contributed by atoms with E-state index in [0.717, 1.165) is 5.56 Å². The Morgan fingerprint density at radius 2 is 1.92 bits per heavy atom. The lowest BCUT2D eigenvalue weighted by atomic mass is 9.92. The average Bonchev–Trinajstić information content (AvgIpc) is 2.55. The van der Waals surface area contributed by atoms with Gasteiger partial charge in [-0.3, -0.25) is 9.59 Å². The molecule has 0 saturated carbocycles. The van der Waals surface area contributed by atoms with Crippen molar-refractivity contribution in [1.29, 1.82) is 0 Å². The highest BCUT2D eigenvalue weighted by Crippen LogP contribution is 2.14. The monoisotopic (exact) mass is 329 g/mol. The summed E-state index contributed by atoms with van der Waals surface area (Å²) in [6, 6.07) is 12.1. The van der Waals surface area contributed by atoms with Gasteiger partial charge < -0.3 is 10.4 Å². The number of hydrogen-bond acceptors (Lipinski definition) is 4. The van der Waals surface area contributed by atoms with Gasteiger partial charge in [0.1, 0.15) is 5.69 Å². The predicted molar refractivity (Wildman–Crippen MR) is 91.8 cm³/mol. The Kier molecular flexibility index (Phi) is 5.51. The van der Waals surface area contributed by atoms with Crippen molar-refractivity contribution in [3.05, 3.63) is 64.1 Å². The van der Waals surface area contributed by atoms with Crippen LogP contribution in [-0.2, 0) is 6.54 Å². The molecular weight excluding hydrogens is 306 g/mol. The Labute approximate surface area is 141 Å². The lowest BCUT2D eigenvalue weighted by molar-refractivity contribution is 0.0141. The predicted octanol–water partition coefficient (Wildman–Crippen LogP) is 1.43. The van der Waals surface area contributed by atoms with E-state index in [-0.39, 0.29) is 23.7 Å². The summed E-state index contributed by atoms with van der Waals surface area (Å²) in [5, 5.41) is 17.0. The number of rotatable bonds is 6. The van der Waals surface area contributed by atoms with Gasteiger partial charge in [0.2, 0.25) is 0 Å². The Hall–Kier alpha value is -2.47. The molecule has 0 aliphatic heterocycles. The van der Waals surface area contributed by atoms with E-state index < -0.39 is 11.5 Å². The second kappa shape index (κ2) is 7.40. The third kappa shape index (κ3) is 4.52. The minimum atomic E-state index is -1.01. The van der Waals surface area contributed by atoms with Gasteiger partial charge >= 0.3 is 0 Å². The van der Waals surface area contributed by atoms with Gasteiger partial charge in [-0.15, -0.1) is 0 Å². The van der Waals surface area contributed by atoms with Crippen molar-refractivity contribution in [3.63, 3.8) is 0 Å². The molecule has 6 heteroatoms. The number of amides is 1. The second-order valence-electron chi connectivity index (χ2n) is 6.39. The molecule has 2 rings (SSSR count). The van der Waals surface area contributed by atoms with E-state index in [1.165, 1.54) is 16.8 Å². The third-order valence-corrected chi connectivity index (χ3v) is 4.13. The van der Waals surface area contributed by atoms with Gasteiger partial charge in [-0.25, -0.2) is 4.68 Å². The van der Waals surface area contributed by atoms with Gasteiger partial charge in [0, 0.05) is 12.6 Å². The number of carbonyl (C=O) groups excluding carboxylic acids is 1. The van der Waals surface area contributed by atoms with Crippen LogP contribution in [0.3, 0.4) is 0 Å². The van der Waals surface area contributed by atoms with E-state index in [1.54, 1.807) is 6.92 Å². The topological polar surface area (TPSA) is 84.2 Å². The summed E-state index contributed by atoms with van der Waals surface area (Å²) in [4.78, 5) is 24.2. The van der Waals surface area contributed by atoms with Crippen LogP contribution in [0.5, 0.6) is 0 Å². The van der Waals surface area contributed by atoms with E-state index in [2.05, 4.69) is 10.4 Å². The minimum Gasteiger partial charge on any atom is -0.388 e. The number of aromatic nitrogens is 2. The fourth-order valence-electron chi connectivity index (χ4n) is 1.99. The highest BCUT2D eigenvalue weighted by atomic mass is 16.3. The van der Waals surface area contributed by atoms with Crippen LogP contribution >= 0.6 is 0 Å². The summed E-state index contributed by atoms with van der Waals surface area (Å²) in [6.45, 7) is 5.84. The van der Waals surface area contributed by atoms with Crippen LogP contribution in [0.25, 0.3) is 0 Å². The summed E-state index contributed by atoms with van der Waals surface area (Å²) in [6.07, 6.45) is 0. The Morgan fingerprint density at radius 3 is 2.54 bits per heavy atom. The van der Waals surface area contributed by atoms with Crippen LogP contribution in [-0.4, -0.2) is 32.9 Å². The van der Waals surface area contributed by atoms with Crippen LogP contribution in [0.2, 0.25) is 0 Å². The molecule has 2 N–H and O–H groups in total. The van der Waals surface area contributed by atoms with Gasteiger partial charge in [0.05, 0.1) is 12.1 Å². The molecule has 0 aliphatic carbocycles. The van der Waals surface area contributed by atoms with Crippen molar-refractivity contribution >= 4 is 5.91 Å². The van der Waals surface area contributed by atoms with Crippen molar-refractivity contribution in [3.8, 4) is 0 Å². The summed E-state index contributed by atoms with van der Waals surface area (Å²) < 4.78 is 1.25. The van der Waals surface area contributed by atoms with E-state index in [0.29, 0.717) is 6.54 Å². The number of nitrogens with zero attached hydrogens (tertiary/aromatic N) is 2. The first-order valence-electron chi connectivity index (χ1n) is 7.92. The van der Waals surface area contributed by atoms with Gasteiger partial charge in [0.25, 0.3) is 11.5 Å². The van der Waals surface area contributed by atoms with E-state index >= 15 is 0 Å². The normalized spacial score (nSPS) is 13.5. The van der Waals surface area contributed by atoms with Crippen molar-refractivity contribution in [2.24, 2.45) is 5.92 Å². The molecule has 1 atom stereocenters. The number of aliphatic hydroxyl groups is 1. The Bertz CT molecular complexity index is 752. The molecule has 0 spiro atoms. The van der Waals surface area contributed by atoms with Crippen molar-refractivity contribution in [2.75, 3.05) is 6.54 Å². The van der Waals surface area contributed by atoms with Gasteiger partial charge in [-0.2, -0.15) is 5.10 Å². The second-order valence-corrected chi connectivity index (χ2v) is 6.39. The van der Waals surface area contributed by atoms with E-state index in [1.807, 2.05) is 44.2 Å². The standard InChI is InChI=1S/C18H23N3O3/c1-13(2)18(3,24)12-19-17(23)15-9-10-16(22)21(20-15)11-14-7-5-4-6-8-14/h4-10,13,24H,11-12H2,1-3H3,(H,19,23). The van der Waals surface area contributed by atoms with Gasteiger partial charge in [0.15, 0.2) is 0 Å². The van der Waals surface area contributed by atoms with Crippen LogP contribution in [0.15, 0.2) is 47.3 Å². The van der Waals surface area contributed by atoms with Crippen molar-refractivity contribution in [1.82, 2.24) is 15.1 Å². The lowest BCUT2D eigenvalue weighted by Gasteiger charge is -2.27. The summed E-state index contributed by atoms with van der Waals surface area (Å²) in [7, 11) is 0. The molecule has 0 fully saturated rings. The lowest BCUT2D eigenvalue weighted by Crippen LogP contribution is -2.44. The zero-order valence-electron chi connectivity index (χ0n) is 14.2. The van der Waals surface area contributed by atoms with Crippen molar-refractivity contribution < 1.29 is 9.90 Å². The first kappa shape index (κ1) is 17.9. The molecule has 1 heterocycles. The van der Waals surface area contributed by atoms with Crippen LogP contribution in [0.4, 0.5) is 0 Å². The zero-order valence-corrected chi connectivity index (χ0v) is 14.2. The van der Waals surface area contributed by atoms with E-state index in [4.69, 9.17) is 0 Å². The molecule has 1 aromatic heterocycles. The maximum atomic E-state index is 12.2. The highest BCUT2D eigenvalue weighted by molar-refractivity contribution is 5.92. The average molecular weight is 329 g/mol. The quantitative estimate of drug-likeness (QED) is 0.840. The van der Waals surface area contributed by atoms with Crippen molar-refractivity contribution in [2.45, 2.75) is 32.9 Å². The molecule has 6 nitrogen and oxygen atoms in total. The van der Waals surface area contributed by atoms with Crippen LogP contribution < -0.4 is 10.9 Å². The fourth-order valence-corrected chi connectivity index (χ4v) is 1.99. The van der Waals surface area contributed by atoms with Crippen LogP contribution in [0.1, 0.15) is 36.8 Å². The summed E-state index contributed by atoms with van der Waals surface area (Å²) in [5.74, 6) is -0.421. The molecule has 0 bridgehead atoms. The van der Waals surface area contributed by atoms with Gasteiger partial charge in [-0.05, 0) is 24.5 Å². The highest BCUT2D eigenvalue weighted by Gasteiger charge is 2.25. The van der Waals surface area contributed by atoms with Crippen LogP contribution in [0, 0.1) is 5.92 Å². The molecular formula is C18H23N3O3. The minimum absolute atomic E-state index is 0.00204. The first-order chi connectivity index (χ1) is 11.3. The SMILES string of the molecule is CC(C)C(C)(O)CNC(=O)c1ccc(=O)n(Cc2ccccc2)n1. The van der Waals surface area contributed by atoms with Gasteiger partial charge in [-0.1, -0.05) is 44.2 Å². The summed E-state index contributed by atoms with van der Waals surface area (Å²) in [5.41, 5.74) is -0.212. The van der Waals surface area contributed by atoms with E-state index in [9.17, 15) is 14.7 Å². The molecule has 24 heavy (non-hydrogen) atoms. The molecule has 0 aliphatic rings. The number of carbonyl (C=O) groups is 1. The molecule has 1 amide bonds. The number of benzene rings is 1. The smallest absolute Gasteiger partial charge is 0.271 e. The molecule has 1 unspecified atom stereocenters. The molecule has 1 aromatic carbocycles. The number of hydrogen-bond donors (Lipinski definition) is 2. The molecule has 2 aromatic rings. The molecule has 0 radical (unpaired) electrons. The maximum absolute atomic E-state index is 12.2. The first-order valence-corrected chi connectivity index (χ1v) is 7.92. The Morgan fingerprint density at radius 1 is 1.25 bits per heavy atom. The number of nitrogens with one attached hydrogen (secondary N) is 1. The molecule has 0 saturated heterocycles. The maximum Gasteiger partial charge on any atom is 0.271 e. The fraction of sp³-hybridized carbons (Fsp3) is 0.389. The largest absolute Gasteiger partial charge is 0.388 e. The third-order valence-electron chi connectivity index (χ3n) is 4.13. The zero-order chi connectivity index (χ0) is 17.7. The Balaban J connectivity index is 2.13. The molecule has 128 valence electrons. The summed E-state index contributed by atoms with van der Waals surface area (Å²) >= 11 is 0.